The van der Waals surface area contributed by atoms with Crippen LogP contribution in [0.2, 0.25) is 0 Å². The predicted octanol–water partition coefficient (Wildman–Crippen LogP) is 4.32. The van der Waals surface area contributed by atoms with E-state index in [4.69, 9.17) is 0 Å². The Balaban J connectivity index is 2.57. The smallest absolute Gasteiger partial charge is 0.118 e. The third kappa shape index (κ3) is 3.55. The Labute approximate surface area is 99.5 Å². The first-order chi connectivity index (χ1) is 7.54. The molecule has 0 saturated heterocycles. The second kappa shape index (κ2) is 5.93. The number of aromatic hydroxyl groups is 1. The molecule has 0 radical (unpaired) electrons. The number of phenolic OH excluding ortho intramolecular Hbond substituents is 1. The van der Waals surface area contributed by atoms with Crippen molar-refractivity contribution in [1.82, 2.24) is 0 Å². The Kier molecular flexibility index (Phi) is 4.85. The van der Waals surface area contributed by atoms with E-state index >= 15 is 0 Å². The zero-order valence-corrected chi connectivity index (χ0v) is 11.0. The Hall–Kier alpha value is -0.980. The van der Waals surface area contributed by atoms with Crippen molar-refractivity contribution in [3.63, 3.8) is 0 Å². The summed E-state index contributed by atoms with van der Waals surface area (Å²) in [5.74, 6) is 1.97. The fourth-order valence-corrected chi connectivity index (χ4v) is 2.17. The molecule has 1 unspecified atom stereocenters. The Morgan fingerprint density at radius 1 is 1.25 bits per heavy atom. The summed E-state index contributed by atoms with van der Waals surface area (Å²) in [6, 6.07) is 6.03. The first kappa shape index (κ1) is 13.1. The Morgan fingerprint density at radius 3 is 2.44 bits per heavy atom. The zero-order chi connectivity index (χ0) is 12.1. The van der Waals surface area contributed by atoms with Crippen LogP contribution in [0, 0.1) is 18.8 Å². The zero-order valence-electron chi connectivity index (χ0n) is 11.0. The first-order valence-corrected chi connectivity index (χ1v) is 6.33. The lowest BCUT2D eigenvalue weighted by Crippen LogP contribution is -2.08. The monoisotopic (exact) mass is 220 g/mol. The van der Waals surface area contributed by atoms with Gasteiger partial charge in [-0.15, -0.1) is 0 Å². The molecule has 0 aliphatic carbocycles. The average Bonchev–Trinajstić information content (AvgIpc) is 2.23. The van der Waals surface area contributed by atoms with Crippen LogP contribution < -0.4 is 0 Å². The van der Waals surface area contributed by atoms with Crippen molar-refractivity contribution in [2.24, 2.45) is 11.8 Å². The van der Waals surface area contributed by atoms with Crippen LogP contribution in [0.5, 0.6) is 5.75 Å². The van der Waals surface area contributed by atoms with E-state index < -0.39 is 0 Å². The second-order valence-corrected chi connectivity index (χ2v) is 5.07. The molecule has 0 saturated carbocycles. The summed E-state index contributed by atoms with van der Waals surface area (Å²) in [5.41, 5.74) is 2.21. The van der Waals surface area contributed by atoms with Crippen LogP contribution in [0.1, 0.15) is 44.7 Å². The van der Waals surface area contributed by atoms with Gasteiger partial charge in [-0.2, -0.15) is 0 Å². The van der Waals surface area contributed by atoms with Gasteiger partial charge < -0.3 is 5.11 Å². The maximum Gasteiger partial charge on any atom is 0.118 e. The van der Waals surface area contributed by atoms with Gasteiger partial charge in [-0.3, -0.25) is 0 Å². The van der Waals surface area contributed by atoms with Gasteiger partial charge in [0.25, 0.3) is 0 Å². The molecule has 1 aromatic carbocycles. The summed E-state index contributed by atoms with van der Waals surface area (Å²) < 4.78 is 0. The average molecular weight is 220 g/mol. The Bertz CT molecular complexity index is 328. The van der Waals surface area contributed by atoms with Crippen molar-refractivity contribution in [2.75, 3.05) is 0 Å². The molecule has 90 valence electrons. The lowest BCUT2D eigenvalue weighted by Gasteiger charge is -2.18. The number of benzene rings is 1. The van der Waals surface area contributed by atoms with Gasteiger partial charge in [0.2, 0.25) is 0 Å². The highest BCUT2D eigenvalue weighted by molar-refractivity contribution is 5.35. The summed E-state index contributed by atoms with van der Waals surface area (Å²) in [4.78, 5) is 0. The number of rotatable bonds is 5. The lowest BCUT2D eigenvalue weighted by atomic mass is 9.87. The summed E-state index contributed by atoms with van der Waals surface area (Å²) in [6.07, 6.45) is 3.54. The maximum atomic E-state index is 9.63. The molecule has 0 amide bonds. The largest absolute Gasteiger partial charge is 0.508 e. The minimum Gasteiger partial charge on any atom is -0.508 e. The fraction of sp³-hybridized carbons (Fsp3) is 0.600. The number of hydrogen-bond donors (Lipinski definition) is 1. The van der Waals surface area contributed by atoms with E-state index in [1.165, 1.54) is 18.4 Å². The van der Waals surface area contributed by atoms with Gasteiger partial charge in [-0.25, -0.2) is 0 Å². The number of phenols is 1. The van der Waals surface area contributed by atoms with Crippen molar-refractivity contribution in [3.8, 4) is 5.75 Å². The van der Waals surface area contributed by atoms with E-state index in [-0.39, 0.29) is 0 Å². The maximum absolute atomic E-state index is 9.63. The van der Waals surface area contributed by atoms with Crippen LogP contribution in [0.4, 0.5) is 0 Å². The van der Waals surface area contributed by atoms with Crippen molar-refractivity contribution < 1.29 is 5.11 Å². The first-order valence-electron chi connectivity index (χ1n) is 6.33. The molecule has 1 atom stereocenters. The molecule has 1 nitrogen and oxygen atoms in total. The third-order valence-electron chi connectivity index (χ3n) is 3.54. The quantitative estimate of drug-likeness (QED) is 0.783. The molecule has 0 heterocycles. The molecule has 1 heteroatoms. The lowest BCUT2D eigenvalue weighted by molar-refractivity contribution is 0.349. The van der Waals surface area contributed by atoms with Crippen LogP contribution in [0.25, 0.3) is 0 Å². The molecule has 16 heavy (non-hydrogen) atoms. The molecule has 0 fully saturated rings. The van der Waals surface area contributed by atoms with Gasteiger partial charge in [-0.05, 0) is 48.8 Å². The van der Waals surface area contributed by atoms with Crippen LogP contribution in [-0.4, -0.2) is 5.11 Å². The minimum absolute atomic E-state index is 0.426. The van der Waals surface area contributed by atoms with Crippen LogP contribution >= 0.6 is 0 Å². The number of hydrogen-bond acceptors (Lipinski definition) is 1. The molecular weight excluding hydrogens is 196 g/mol. The standard InChI is InChI=1S/C15H24O/c1-5-14(11(2)3)9-8-13-7-6-12(4)15(16)10-13/h6-7,10-11,14,16H,5,8-9H2,1-4H3. The van der Waals surface area contributed by atoms with Crippen LogP contribution in [-0.2, 0) is 6.42 Å². The van der Waals surface area contributed by atoms with Crippen LogP contribution in [0.15, 0.2) is 18.2 Å². The molecule has 0 spiro atoms. The second-order valence-electron chi connectivity index (χ2n) is 5.07. The van der Waals surface area contributed by atoms with E-state index in [2.05, 4.69) is 26.8 Å². The highest BCUT2D eigenvalue weighted by Crippen LogP contribution is 2.23. The van der Waals surface area contributed by atoms with Gasteiger partial charge in [0, 0.05) is 0 Å². The van der Waals surface area contributed by atoms with Gasteiger partial charge >= 0.3 is 0 Å². The van der Waals surface area contributed by atoms with Gasteiger partial charge in [0.15, 0.2) is 0 Å². The van der Waals surface area contributed by atoms with E-state index in [1.807, 2.05) is 19.1 Å². The molecule has 0 aliphatic heterocycles. The molecule has 1 aromatic rings. The SMILES string of the molecule is CCC(CCc1ccc(C)c(O)c1)C(C)C. The highest BCUT2D eigenvalue weighted by atomic mass is 16.3. The van der Waals surface area contributed by atoms with E-state index in [0.717, 1.165) is 23.8 Å². The molecule has 0 bridgehead atoms. The third-order valence-corrected chi connectivity index (χ3v) is 3.54. The predicted molar refractivity (Wildman–Crippen MR) is 69.8 cm³/mol. The molecule has 0 aromatic heterocycles. The normalized spacial score (nSPS) is 13.1. The Morgan fingerprint density at radius 2 is 1.94 bits per heavy atom. The van der Waals surface area contributed by atoms with Gasteiger partial charge in [0.1, 0.15) is 5.75 Å². The van der Waals surface area contributed by atoms with E-state index in [0.29, 0.717) is 5.75 Å². The topological polar surface area (TPSA) is 20.2 Å². The summed E-state index contributed by atoms with van der Waals surface area (Å²) in [5, 5.41) is 9.63. The van der Waals surface area contributed by atoms with E-state index in [9.17, 15) is 5.11 Å². The van der Waals surface area contributed by atoms with Gasteiger partial charge in [0.05, 0.1) is 0 Å². The van der Waals surface area contributed by atoms with Crippen LogP contribution in [0.3, 0.4) is 0 Å². The molecule has 1 N–H and O–H groups in total. The van der Waals surface area contributed by atoms with Crippen molar-refractivity contribution in [1.29, 1.82) is 0 Å². The number of aryl methyl sites for hydroxylation is 2. The van der Waals surface area contributed by atoms with Crippen molar-refractivity contribution in [2.45, 2.75) is 47.0 Å². The molecular formula is C15H24O. The van der Waals surface area contributed by atoms with E-state index in [1.54, 1.807) is 0 Å². The molecule has 1 rings (SSSR count). The van der Waals surface area contributed by atoms with Gasteiger partial charge in [-0.1, -0.05) is 39.3 Å². The van der Waals surface area contributed by atoms with Crippen molar-refractivity contribution in [3.05, 3.63) is 29.3 Å². The van der Waals surface area contributed by atoms with Crippen molar-refractivity contribution >= 4 is 0 Å². The highest BCUT2D eigenvalue weighted by Gasteiger charge is 2.11. The fourth-order valence-electron chi connectivity index (χ4n) is 2.17. The summed E-state index contributed by atoms with van der Waals surface area (Å²) >= 11 is 0. The summed E-state index contributed by atoms with van der Waals surface area (Å²) in [6.45, 7) is 8.78. The summed E-state index contributed by atoms with van der Waals surface area (Å²) in [7, 11) is 0. The molecule has 0 aliphatic rings. The minimum atomic E-state index is 0.426.